The Morgan fingerprint density at radius 2 is 2.06 bits per heavy atom. The molecule has 0 spiro atoms. The molecule has 0 amide bonds. The monoisotopic (exact) mass is 243 g/mol. The molecule has 1 aliphatic heterocycles. The molecule has 1 aliphatic rings. The van der Waals surface area contributed by atoms with Gasteiger partial charge >= 0.3 is 0 Å². The van der Waals surface area contributed by atoms with Gasteiger partial charge in [-0.1, -0.05) is 11.3 Å². The molecule has 2 aromatic heterocycles. The molecule has 0 N–H and O–H groups in total. The molecule has 0 saturated carbocycles. The molecule has 5 heteroatoms. The summed E-state index contributed by atoms with van der Waals surface area (Å²) in [6, 6.07) is 6.60. The first-order valence-electron chi connectivity index (χ1n) is 6.40. The van der Waals surface area contributed by atoms with Crippen molar-refractivity contribution in [3.05, 3.63) is 42.5 Å². The normalized spacial score (nSPS) is 18.0. The molecule has 0 bridgehead atoms. The third-order valence-corrected chi connectivity index (χ3v) is 3.48. The van der Waals surface area contributed by atoms with Crippen LogP contribution in [0.4, 0.5) is 0 Å². The van der Waals surface area contributed by atoms with Crippen molar-refractivity contribution in [1.29, 1.82) is 0 Å². The summed E-state index contributed by atoms with van der Waals surface area (Å²) in [5.41, 5.74) is 1.15. The zero-order valence-electron chi connectivity index (χ0n) is 10.3. The fraction of sp³-hybridized carbons (Fsp3) is 0.462. The average molecular weight is 243 g/mol. The molecular formula is C13H17N5. The van der Waals surface area contributed by atoms with Crippen LogP contribution in [-0.2, 0) is 6.54 Å². The molecule has 2 aromatic rings. The molecule has 1 saturated heterocycles. The van der Waals surface area contributed by atoms with Gasteiger partial charge in [0.05, 0.1) is 17.9 Å². The van der Waals surface area contributed by atoms with Gasteiger partial charge in [-0.25, -0.2) is 4.68 Å². The van der Waals surface area contributed by atoms with Crippen LogP contribution in [0.2, 0.25) is 0 Å². The largest absolute Gasteiger partial charge is 0.297 e. The summed E-state index contributed by atoms with van der Waals surface area (Å²) < 4.78 is 1.98. The summed E-state index contributed by atoms with van der Waals surface area (Å²) >= 11 is 0. The first-order chi connectivity index (χ1) is 8.92. The summed E-state index contributed by atoms with van der Waals surface area (Å²) in [6.07, 6.45) is 7.84. The zero-order valence-corrected chi connectivity index (χ0v) is 10.3. The Balaban J connectivity index is 1.54. The first-order valence-corrected chi connectivity index (χ1v) is 6.40. The van der Waals surface area contributed by atoms with E-state index in [1.165, 1.54) is 0 Å². The molecule has 0 radical (unpaired) electrons. The highest BCUT2D eigenvalue weighted by Gasteiger charge is 2.20. The quantitative estimate of drug-likeness (QED) is 0.820. The SMILES string of the molecule is c1ccc(CN2CCC(n3ccnn3)CC2)nc1. The molecule has 3 heterocycles. The highest BCUT2D eigenvalue weighted by molar-refractivity contribution is 5.03. The number of piperidine rings is 1. The number of hydrogen-bond donors (Lipinski definition) is 0. The van der Waals surface area contributed by atoms with Crippen molar-refractivity contribution in [2.45, 2.75) is 25.4 Å². The molecule has 0 unspecified atom stereocenters. The second-order valence-electron chi connectivity index (χ2n) is 4.71. The molecule has 0 atom stereocenters. The van der Waals surface area contributed by atoms with Crippen LogP contribution < -0.4 is 0 Å². The van der Waals surface area contributed by atoms with Gasteiger partial charge in [-0.15, -0.1) is 5.10 Å². The van der Waals surface area contributed by atoms with Crippen molar-refractivity contribution in [2.24, 2.45) is 0 Å². The standard InChI is InChI=1S/C13H17N5/c1-2-6-14-12(3-1)11-17-8-4-13(5-9-17)18-10-7-15-16-18/h1-3,6-7,10,13H,4-5,8-9,11H2. The van der Waals surface area contributed by atoms with Crippen molar-refractivity contribution in [3.8, 4) is 0 Å². The number of nitrogens with zero attached hydrogens (tertiary/aromatic N) is 5. The Morgan fingerprint density at radius 1 is 1.17 bits per heavy atom. The number of pyridine rings is 1. The summed E-state index contributed by atoms with van der Waals surface area (Å²) in [4.78, 5) is 6.83. The van der Waals surface area contributed by atoms with Gasteiger partial charge in [0.15, 0.2) is 0 Å². The van der Waals surface area contributed by atoms with Gasteiger partial charge in [0.25, 0.3) is 0 Å². The zero-order chi connectivity index (χ0) is 12.2. The molecule has 3 rings (SSSR count). The van der Waals surface area contributed by atoms with E-state index in [1.807, 2.05) is 29.2 Å². The van der Waals surface area contributed by atoms with E-state index in [0.717, 1.165) is 38.2 Å². The fourth-order valence-electron chi connectivity index (χ4n) is 2.47. The topological polar surface area (TPSA) is 46.8 Å². The van der Waals surface area contributed by atoms with Gasteiger partial charge < -0.3 is 0 Å². The minimum Gasteiger partial charge on any atom is -0.297 e. The van der Waals surface area contributed by atoms with Gasteiger partial charge in [-0.3, -0.25) is 9.88 Å². The summed E-state index contributed by atoms with van der Waals surface area (Å²) in [6.45, 7) is 3.15. The maximum atomic E-state index is 4.37. The lowest BCUT2D eigenvalue weighted by Crippen LogP contribution is -2.34. The molecule has 1 fully saturated rings. The smallest absolute Gasteiger partial charge is 0.0693 e. The van der Waals surface area contributed by atoms with Crippen molar-refractivity contribution in [3.63, 3.8) is 0 Å². The molecule has 18 heavy (non-hydrogen) atoms. The van der Waals surface area contributed by atoms with Crippen LogP contribution in [0.15, 0.2) is 36.8 Å². The summed E-state index contributed by atoms with van der Waals surface area (Å²) in [5.74, 6) is 0. The van der Waals surface area contributed by atoms with Crippen LogP contribution in [-0.4, -0.2) is 38.0 Å². The van der Waals surface area contributed by atoms with E-state index in [9.17, 15) is 0 Å². The Labute approximate surface area is 106 Å². The Bertz CT molecular complexity index is 459. The van der Waals surface area contributed by atoms with E-state index < -0.39 is 0 Å². The molecule has 5 nitrogen and oxygen atoms in total. The molecular weight excluding hydrogens is 226 g/mol. The lowest BCUT2D eigenvalue weighted by Gasteiger charge is -2.31. The lowest BCUT2D eigenvalue weighted by molar-refractivity contribution is 0.170. The van der Waals surface area contributed by atoms with Crippen LogP contribution in [0.25, 0.3) is 0 Å². The lowest BCUT2D eigenvalue weighted by atomic mass is 10.1. The molecule has 0 aromatic carbocycles. The number of rotatable bonds is 3. The van der Waals surface area contributed by atoms with E-state index in [4.69, 9.17) is 0 Å². The summed E-state index contributed by atoms with van der Waals surface area (Å²) in [7, 11) is 0. The van der Waals surface area contributed by atoms with Gasteiger partial charge in [0.1, 0.15) is 0 Å². The van der Waals surface area contributed by atoms with Gasteiger partial charge in [0.2, 0.25) is 0 Å². The Morgan fingerprint density at radius 3 is 2.72 bits per heavy atom. The maximum Gasteiger partial charge on any atom is 0.0693 e. The van der Waals surface area contributed by atoms with Crippen molar-refractivity contribution in [1.82, 2.24) is 24.9 Å². The minimum absolute atomic E-state index is 0.507. The van der Waals surface area contributed by atoms with Crippen LogP contribution in [0.3, 0.4) is 0 Å². The van der Waals surface area contributed by atoms with E-state index >= 15 is 0 Å². The maximum absolute atomic E-state index is 4.37. The van der Waals surface area contributed by atoms with Crippen molar-refractivity contribution >= 4 is 0 Å². The van der Waals surface area contributed by atoms with Crippen LogP contribution in [0.5, 0.6) is 0 Å². The van der Waals surface area contributed by atoms with Crippen LogP contribution in [0, 0.1) is 0 Å². The number of likely N-dealkylation sites (tertiary alicyclic amines) is 1. The van der Waals surface area contributed by atoms with Crippen molar-refractivity contribution in [2.75, 3.05) is 13.1 Å². The minimum atomic E-state index is 0.507. The van der Waals surface area contributed by atoms with Gasteiger partial charge in [-0.2, -0.15) is 0 Å². The average Bonchev–Trinajstić information content (AvgIpc) is 2.95. The number of hydrogen-bond acceptors (Lipinski definition) is 4. The Kier molecular flexibility index (Phi) is 3.32. The highest BCUT2D eigenvalue weighted by atomic mass is 15.4. The van der Waals surface area contributed by atoms with E-state index in [0.29, 0.717) is 6.04 Å². The fourth-order valence-corrected chi connectivity index (χ4v) is 2.47. The third kappa shape index (κ3) is 2.56. The van der Waals surface area contributed by atoms with E-state index in [1.54, 1.807) is 6.20 Å². The first kappa shape index (κ1) is 11.3. The molecule has 0 aliphatic carbocycles. The summed E-state index contributed by atoms with van der Waals surface area (Å²) in [5, 5.41) is 7.96. The predicted molar refractivity (Wildman–Crippen MR) is 67.8 cm³/mol. The number of aromatic nitrogens is 4. The van der Waals surface area contributed by atoms with Crippen molar-refractivity contribution < 1.29 is 0 Å². The second-order valence-corrected chi connectivity index (χ2v) is 4.71. The van der Waals surface area contributed by atoms with E-state index in [2.05, 4.69) is 26.3 Å². The molecule has 94 valence electrons. The van der Waals surface area contributed by atoms with Gasteiger partial charge in [0, 0.05) is 32.0 Å². The highest BCUT2D eigenvalue weighted by Crippen LogP contribution is 2.21. The predicted octanol–water partition coefficient (Wildman–Crippen LogP) is 1.51. The van der Waals surface area contributed by atoms with E-state index in [-0.39, 0.29) is 0 Å². The van der Waals surface area contributed by atoms with Crippen LogP contribution >= 0.6 is 0 Å². The van der Waals surface area contributed by atoms with Crippen LogP contribution in [0.1, 0.15) is 24.6 Å². The van der Waals surface area contributed by atoms with Gasteiger partial charge in [-0.05, 0) is 25.0 Å². The third-order valence-electron chi connectivity index (χ3n) is 3.48. The Hall–Kier alpha value is -1.75. The second kappa shape index (κ2) is 5.27.